The molecule has 108 valence electrons. The Morgan fingerprint density at radius 1 is 1.14 bits per heavy atom. The molecule has 0 fully saturated rings. The summed E-state index contributed by atoms with van der Waals surface area (Å²) in [5.41, 5.74) is 3.37. The van der Waals surface area contributed by atoms with Crippen LogP contribution in [0.4, 0.5) is 0 Å². The minimum atomic E-state index is -0.0244. The molecule has 2 aromatic rings. The predicted molar refractivity (Wildman–Crippen MR) is 87.4 cm³/mol. The lowest BCUT2D eigenvalue weighted by atomic mass is 10.0. The summed E-state index contributed by atoms with van der Waals surface area (Å²) in [4.78, 5) is 12.2. The number of aryl methyl sites for hydroxylation is 2. The molecule has 3 rings (SSSR count). The fourth-order valence-corrected chi connectivity index (χ4v) is 3.29. The van der Waals surface area contributed by atoms with Crippen LogP contribution < -0.4 is 4.74 Å². The van der Waals surface area contributed by atoms with Crippen molar-refractivity contribution in [3.63, 3.8) is 0 Å². The quantitative estimate of drug-likeness (QED) is 0.724. The molecule has 2 aromatic carbocycles. The zero-order chi connectivity index (χ0) is 14.8. The van der Waals surface area contributed by atoms with Crippen molar-refractivity contribution >= 4 is 33.3 Å². The van der Waals surface area contributed by atoms with E-state index in [1.807, 2.05) is 18.2 Å². The average Bonchev–Trinajstić information content (AvgIpc) is 2.93. The smallest absolute Gasteiger partial charge is 0.200 e. The number of carbonyl (C=O) groups is 1. The fraction of sp³-hybridized carbons (Fsp3) is 0.235. The van der Waals surface area contributed by atoms with E-state index in [1.54, 1.807) is 12.1 Å². The van der Waals surface area contributed by atoms with Gasteiger partial charge in [-0.2, -0.15) is 0 Å². The van der Waals surface area contributed by atoms with Gasteiger partial charge in [-0.05, 0) is 54.7 Å². The molecule has 0 atom stereocenters. The Morgan fingerprint density at radius 3 is 2.76 bits per heavy atom. The third-order valence-corrected chi connectivity index (χ3v) is 4.46. The van der Waals surface area contributed by atoms with E-state index in [-0.39, 0.29) is 12.4 Å². The van der Waals surface area contributed by atoms with Crippen LogP contribution in [-0.2, 0) is 12.8 Å². The standard InChI is InChI=1S/C17H14BrClO2/c18-14-6-7-17(15(19)9-14)21-10-16(20)13-5-4-11-2-1-3-12(11)8-13/h4-9H,1-3,10H2. The number of ketones is 1. The van der Waals surface area contributed by atoms with Gasteiger partial charge in [-0.25, -0.2) is 0 Å². The van der Waals surface area contributed by atoms with Gasteiger partial charge in [0.1, 0.15) is 5.75 Å². The Balaban J connectivity index is 1.69. The summed E-state index contributed by atoms with van der Waals surface area (Å²) in [6.07, 6.45) is 3.36. The van der Waals surface area contributed by atoms with Crippen LogP contribution in [0.15, 0.2) is 40.9 Å². The molecule has 0 amide bonds. The van der Waals surface area contributed by atoms with Crippen molar-refractivity contribution in [3.05, 3.63) is 62.6 Å². The van der Waals surface area contributed by atoms with Gasteiger partial charge in [-0.3, -0.25) is 4.79 Å². The van der Waals surface area contributed by atoms with Crippen molar-refractivity contribution in [3.8, 4) is 5.75 Å². The first-order valence-corrected chi connectivity index (χ1v) is 8.03. The fourth-order valence-electron chi connectivity index (χ4n) is 2.56. The van der Waals surface area contributed by atoms with Gasteiger partial charge < -0.3 is 4.74 Å². The second-order valence-electron chi connectivity index (χ2n) is 5.12. The van der Waals surface area contributed by atoms with Crippen LogP contribution in [0.3, 0.4) is 0 Å². The number of ether oxygens (including phenoxy) is 1. The van der Waals surface area contributed by atoms with E-state index in [0.29, 0.717) is 16.3 Å². The molecule has 0 spiro atoms. The second-order valence-corrected chi connectivity index (χ2v) is 6.45. The molecule has 0 aliphatic heterocycles. The molecule has 0 bridgehead atoms. The minimum Gasteiger partial charge on any atom is -0.484 e. The van der Waals surface area contributed by atoms with Crippen molar-refractivity contribution in [2.75, 3.05) is 6.61 Å². The van der Waals surface area contributed by atoms with E-state index in [1.165, 1.54) is 17.5 Å². The van der Waals surface area contributed by atoms with E-state index in [2.05, 4.69) is 22.0 Å². The van der Waals surface area contributed by atoms with Gasteiger partial charge in [0.15, 0.2) is 12.4 Å². The monoisotopic (exact) mass is 364 g/mol. The lowest BCUT2D eigenvalue weighted by Crippen LogP contribution is -2.12. The Hall–Kier alpha value is -1.32. The third kappa shape index (κ3) is 3.30. The van der Waals surface area contributed by atoms with Crippen LogP contribution in [0.5, 0.6) is 5.75 Å². The second kappa shape index (κ2) is 6.20. The molecule has 4 heteroatoms. The van der Waals surface area contributed by atoms with Crippen LogP contribution in [0.25, 0.3) is 0 Å². The number of fused-ring (bicyclic) bond motifs is 1. The molecule has 0 radical (unpaired) electrons. The van der Waals surface area contributed by atoms with Crippen LogP contribution in [-0.4, -0.2) is 12.4 Å². The van der Waals surface area contributed by atoms with Gasteiger partial charge in [-0.15, -0.1) is 0 Å². The number of hydrogen-bond donors (Lipinski definition) is 0. The van der Waals surface area contributed by atoms with Crippen molar-refractivity contribution in [1.29, 1.82) is 0 Å². The molecular weight excluding hydrogens is 352 g/mol. The van der Waals surface area contributed by atoms with Crippen LogP contribution in [0, 0.1) is 0 Å². The lowest BCUT2D eigenvalue weighted by Gasteiger charge is -2.08. The van der Waals surface area contributed by atoms with E-state index >= 15 is 0 Å². The number of Topliss-reactive ketones (excluding diaryl/α,β-unsaturated/α-hetero) is 1. The van der Waals surface area contributed by atoms with Crippen molar-refractivity contribution in [2.24, 2.45) is 0 Å². The van der Waals surface area contributed by atoms with Gasteiger partial charge in [0.25, 0.3) is 0 Å². The SMILES string of the molecule is O=C(COc1ccc(Br)cc1Cl)c1ccc2c(c1)CCC2. The Labute approximate surface area is 137 Å². The predicted octanol–water partition coefficient (Wildman–Crippen LogP) is 4.85. The maximum absolute atomic E-state index is 12.2. The highest BCUT2D eigenvalue weighted by molar-refractivity contribution is 9.10. The Bertz CT molecular complexity index is 697. The van der Waals surface area contributed by atoms with Gasteiger partial charge >= 0.3 is 0 Å². The summed E-state index contributed by atoms with van der Waals surface area (Å²) in [6.45, 7) is 0.000138. The van der Waals surface area contributed by atoms with Crippen molar-refractivity contribution < 1.29 is 9.53 Å². The summed E-state index contributed by atoms with van der Waals surface area (Å²) in [6, 6.07) is 11.3. The van der Waals surface area contributed by atoms with Gasteiger partial charge in [0, 0.05) is 10.0 Å². The number of rotatable bonds is 4. The van der Waals surface area contributed by atoms with Crippen LogP contribution in [0.2, 0.25) is 5.02 Å². The normalized spacial score (nSPS) is 13.0. The first kappa shape index (κ1) is 14.6. The van der Waals surface area contributed by atoms with E-state index in [4.69, 9.17) is 16.3 Å². The highest BCUT2D eigenvalue weighted by Gasteiger charge is 2.14. The summed E-state index contributed by atoms with van der Waals surface area (Å²) < 4.78 is 6.40. The number of benzene rings is 2. The lowest BCUT2D eigenvalue weighted by molar-refractivity contribution is 0.0921. The maximum atomic E-state index is 12.2. The largest absolute Gasteiger partial charge is 0.484 e. The molecule has 0 unspecified atom stereocenters. The van der Waals surface area contributed by atoms with Crippen LogP contribution in [0.1, 0.15) is 27.9 Å². The third-order valence-electron chi connectivity index (χ3n) is 3.67. The van der Waals surface area contributed by atoms with Gasteiger partial charge in [0.2, 0.25) is 0 Å². The maximum Gasteiger partial charge on any atom is 0.200 e. The molecule has 1 aliphatic rings. The molecule has 1 aliphatic carbocycles. The van der Waals surface area contributed by atoms with Crippen molar-refractivity contribution in [2.45, 2.75) is 19.3 Å². The zero-order valence-electron chi connectivity index (χ0n) is 11.4. The number of hydrogen-bond acceptors (Lipinski definition) is 2. The van der Waals surface area contributed by atoms with Gasteiger partial charge in [-0.1, -0.05) is 39.7 Å². The molecule has 0 aromatic heterocycles. The molecule has 0 heterocycles. The topological polar surface area (TPSA) is 26.3 Å². The highest BCUT2D eigenvalue weighted by atomic mass is 79.9. The van der Waals surface area contributed by atoms with Crippen LogP contribution >= 0.6 is 27.5 Å². The molecule has 0 saturated heterocycles. The summed E-state index contributed by atoms with van der Waals surface area (Å²) in [5, 5.41) is 0.492. The minimum absolute atomic E-state index is 0.000138. The van der Waals surface area contributed by atoms with E-state index < -0.39 is 0 Å². The Kier molecular flexibility index (Phi) is 4.32. The molecule has 21 heavy (non-hydrogen) atoms. The summed E-state index contributed by atoms with van der Waals surface area (Å²) in [7, 11) is 0. The van der Waals surface area contributed by atoms with Gasteiger partial charge in [0.05, 0.1) is 5.02 Å². The van der Waals surface area contributed by atoms with E-state index in [0.717, 1.165) is 17.3 Å². The summed E-state index contributed by atoms with van der Waals surface area (Å²) in [5.74, 6) is 0.498. The average molecular weight is 366 g/mol. The van der Waals surface area contributed by atoms with Crippen molar-refractivity contribution in [1.82, 2.24) is 0 Å². The molecule has 2 nitrogen and oxygen atoms in total. The first-order valence-electron chi connectivity index (χ1n) is 6.86. The number of carbonyl (C=O) groups excluding carboxylic acids is 1. The zero-order valence-corrected chi connectivity index (χ0v) is 13.7. The number of halogens is 2. The van der Waals surface area contributed by atoms with E-state index in [9.17, 15) is 4.79 Å². The molecular formula is C17H14BrClO2. The Morgan fingerprint density at radius 2 is 1.95 bits per heavy atom. The highest BCUT2D eigenvalue weighted by Crippen LogP contribution is 2.28. The first-order chi connectivity index (χ1) is 10.1. The molecule has 0 N–H and O–H groups in total. The summed E-state index contributed by atoms with van der Waals surface area (Å²) >= 11 is 9.40. The molecule has 0 saturated carbocycles.